The predicted octanol–water partition coefficient (Wildman–Crippen LogP) is 8.12. The van der Waals surface area contributed by atoms with Gasteiger partial charge in [0, 0.05) is 12.8 Å². The smallest absolute Gasteiger partial charge is 0.481 e. The Labute approximate surface area is 269 Å². The van der Waals surface area contributed by atoms with E-state index in [1.165, 1.54) is 12.5 Å². The number of ketones is 1. The molecule has 0 amide bonds. The molecule has 0 spiro atoms. The first-order chi connectivity index (χ1) is 20.6. The molecule has 0 saturated heterocycles. The minimum atomic E-state index is -1.06. The SMILES string of the molecule is CC(C)OC(=O)O[C@@H](C)OC(=O)[C@H]1CC[C@]2(C)[C@H]3C(=O)C=C4C5C[C@@](C)(C(=O)O)CC[C@]5(C)CC[C@@]4(C)[C@]3(C)CC[C@H]2C1(C)C. The second-order valence-electron chi connectivity index (χ2n) is 17.5. The van der Waals surface area contributed by atoms with Crippen molar-refractivity contribution in [2.45, 2.75) is 139 Å². The van der Waals surface area contributed by atoms with E-state index in [0.717, 1.165) is 38.5 Å². The van der Waals surface area contributed by atoms with Crippen LogP contribution >= 0.6 is 0 Å². The monoisotopic (exact) mass is 628 g/mol. The fourth-order valence-corrected chi connectivity index (χ4v) is 11.4. The Morgan fingerprint density at radius 3 is 2.11 bits per heavy atom. The molecule has 0 radical (unpaired) electrons. The van der Waals surface area contributed by atoms with Gasteiger partial charge in [-0.2, -0.15) is 0 Å². The number of hydrogen-bond donors (Lipinski definition) is 1. The summed E-state index contributed by atoms with van der Waals surface area (Å²) >= 11 is 0. The lowest BCUT2D eigenvalue weighted by atomic mass is 9.33. The lowest BCUT2D eigenvalue weighted by Crippen LogP contribution is -2.66. The number of carboxylic acids is 1. The first-order valence-corrected chi connectivity index (χ1v) is 17.2. The number of hydrogen-bond acceptors (Lipinski definition) is 7. The molecule has 4 saturated carbocycles. The van der Waals surface area contributed by atoms with Crippen LogP contribution in [0.2, 0.25) is 0 Å². The molecule has 5 aliphatic rings. The van der Waals surface area contributed by atoms with Gasteiger partial charge in [-0.3, -0.25) is 14.4 Å². The van der Waals surface area contributed by atoms with Gasteiger partial charge in [0.25, 0.3) is 0 Å². The first kappa shape index (κ1) is 34.0. The van der Waals surface area contributed by atoms with Crippen molar-refractivity contribution >= 4 is 23.9 Å². The summed E-state index contributed by atoms with van der Waals surface area (Å²) in [5, 5.41) is 10.2. The fraction of sp³-hybridized carbons (Fsp3) is 0.838. The second kappa shape index (κ2) is 10.8. The van der Waals surface area contributed by atoms with E-state index in [2.05, 4.69) is 41.5 Å². The number of carboxylic acid groups (broad SMARTS) is 1. The summed E-state index contributed by atoms with van der Waals surface area (Å²) in [6, 6.07) is 0. The van der Waals surface area contributed by atoms with Gasteiger partial charge < -0.3 is 19.3 Å². The molecule has 1 N–H and O–H groups in total. The molecule has 8 nitrogen and oxygen atoms in total. The molecule has 0 heterocycles. The van der Waals surface area contributed by atoms with Crippen molar-refractivity contribution < 1.29 is 38.5 Å². The molecule has 4 fully saturated rings. The molecule has 8 heteroatoms. The normalized spacial score (nSPS) is 44.2. The van der Waals surface area contributed by atoms with Crippen molar-refractivity contribution in [3.05, 3.63) is 11.6 Å². The maximum absolute atomic E-state index is 14.6. The summed E-state index contributed by atoms with van der Waals surface area (Å²) in [5.74, 6) is -1.29. The Balaban J connectivity index is 1.43. The lowest BCUT2D eigenvalue weighted by Gasteiger charge is -2.70. The summed E-state index contributed by atoms with van der Waals surface area (Å²) in [5.41, 5.74) is -0.762. The highest BCUT2D eigenvalue weighted by atomic mass is 16.8. The van der Waals surface area contributed by atoms with Crippen LogP contribution in [0.1, 0.15) is 127 Å². The van der Waals surface area contributed by atoms with Crippen LogP contribution in [0.5, 0.6) is 0 Å². The molecule has 0 bridgehead atoms. The zero-order chi connectivity index (χ0) is 33.5. The highest BCUT2D eigenvalue weighted by Gasteiger charge is 2.70. The zero-order valence-electron chi connectivity index (χ0n) is 29.2. The van der Waals surface area contributed by atoms with E-state index in [-0.39, 0.29) is 63.2 Å². The van der Waals surface area contributed by atoms with Crippen LogP contribution in [-0.4, -0.2) is 41.4 Å². The van der Waals surface area contributed by atoms with Gasteiger partial charge in [0.05, 0.1) is 17.4 Å². The van der Waals surface area contributed by atoms with Crippen LogP contribution in [0.4, 0.5) is 4.79 Å². The largest absolute Gasteiger partial charge is 0.511 e. The third-order valence-electron chi connectivity index (χ3n) is 14.3. The number of carbonyl (C=O) groups excluding carboxylic acids is 3. The molecule has 5 rings (SSSR count). The molecule has 10 atom stereocenters. The summed E-state index contributed by atoms with van der Waals surface area (Å²) < 4.78 is 15.8. The third kappa shape index (κ3) is 5.06. The third-order valence-corrected chi connectivity index (χ3v) is 14.3. The molecule has 252 valence electrons. The van der Waals surface area contributed by atoms with Gasteiger partial charge in [-0.25, -0.2) is 4.79 Å². The predicted molar refractivity (Wildman–Crippen MR) is 169 cm³/mol. The lowest BCUT2D eigenvalue weighted by molar-refractivity contribution is -0.206. The summed E-state index contributed by atoms with van der Waals surface area (Å²) in [6.07, 6.45) is 6.99. The Hall–Kier alpha value is -2.38. The van der Waals surface area contributed by atoms with Gasteiger partial charge in [-0.05, 0) is 124 Å². The number of ether oxygens (including phenoxy) is 3. The standard InChI is InChI=1S/C37H56O8/c1-21(2)43-31(42)45-22(3)44-29(39)23-11-13-35(8)27(32(23,4)5)12-14-37(10)28(35)26(38)19-24-25-20-34(7,30(40)41)16-15-33(25,6)17-18-36(24,37)9/h19,21-23,25,27-28H,11-18,20H2,1-10H3,(H,40,41)/t22-,23+,25?,27-,28+,33+,34-,35-,36+,37+/m0/s1. The average molecular weight is 629 g/mol. The van der Waals surface area contributed by atoms with E-state index in [0.29, 0.717) is 19.3 Å². The minimum absolute atomic E-state index is 0.0116. The molecule has 5 aliphatic carbocycles. The van der Waals surface area contributed by atoms with Crippen LogP contribution < -0.4 is 0 Å². The number of esters is 1. The molecule has 0 aliphatic heterocycles. The number of rotatable bonds is 5. The Morgan fingerprint density at radius 2 is 1.49 bits per heavy atom. The average Bonchev–Trinajstić information content (AvgIpc) is 2.89. The van der Waals surface area contributed by atoms with Crippen molar-refractivity contribution in [1.82, 2.24) is 0 Å². The van der Waals surface area contributed by atoms with Crippen molar-refractivity contribution in [2.24, 2.45) is 56.2 Å². The van der Waals surface area contributed by atoms with Crippen LogP contribution in [0.15, 0.2) is 11.6 Å². The number of aliphatic carboxylic acids is 1. The first-order valence-electron chi connectivity index (χ1n) is 17.2. The minimum Gasteiger partial charge on any atom is -0.481 e. The summed E-state index contributed by atoms with van der Waals surface area (Å²) in [4.78, 5) is 52.5. The number of fused-ring (bicyclic) bond motifs is 7. The highest BCUT2D eigenvalue weighted by Crippen LogP contribution is 2.75. The maximum atomic E-state index is 14.6. The topological polar surface area (TPSA) is 116 Å². The van der Waals surface area contributed by atoms with Gasteiger partial charge in [-0.15, -0.1) is 0 Å². The van der Waals surface area contributed by atoms with E-state index < -0.39 is 29.2 Å². The quantitative estimate of drug-likeness (QED) is 0.240. The van der Waals surface area contributed by atoms with Crippen molar-refractivity contribution in [1.29, 1.82) is 0 Å². The summed E-state index contributed by atoms with van der Waals surface area (Å²) in [7, 11) is 0. The summed E-state index contributed by atoms with van der Waals surface area (Å²) in [6.45, 7) is 20.4. The van der Waals surface area contributed by atoms with E-state index in [9.17, 15) is 24.3 Å². The molecule has 0 aromatic heterocycles. The maximum Gasteiger partial charge on any atom is 0.511 e. The van der Waals surface area contributed by atoms with Gasteiger partial charge >= 0.3 is 18.1 Å². The van der Waals surface area contributed by atoms with Crippen LogP contribution in [0.25, 0.3) is 0 Å². The van der Waals surface area contributed by atoms with Gasteiger partial charge in [-0.1, -0.05) is 47.1 Å². The van der Waals surface area contributed by atoms with E-state index in [1.54, 1.807) is 13.8 Å². The van der Waals surface area contributed by atoms with E-state index in [1.807, 2.05) is 13.0 Å². The Bertz CT molecular complexity index is 1300. The molecule has 0 aromatic rings. The second-order valence-corrected chi connectivity index (χ2v) is 17.5. The van der Waals surface area contributed by atoms with Gasteiger partial charge in [0.2, 0.25) is 6.29 Å². The number of carbonyl (C=O) groups is 4. The van der Waals surface area contributed by atoms with Gasteiger partial charge in [0.15, 0.2) is 5.78 Å². The van der Waals surface area contributed by atoms with E-state index in [4.69, 9.17) is 14.2 Å². The molecule has 45 heavy (non-hydrogen) atoms. The van der Waals surface area contributed by atoms with Crippen LogP contribution in [0, 0.1) is 56.2 Å². The van der Waals surface area contributed by atoms with Crippen LogP contribution in [0.3, 0.4) is 0 Å². The Kier molecular flexibility index (Phi) is 8.18. The highest BCUT2D eigenvalue weighted by molar-refractivity contribution is 5.96. The van der Waals surface area contributed by atoms with Crippen LogP contribution in [-0.2, 0) is 28.6 Å². The van der Waals surface area contributed by atoms with Crippen molar-refractivity contribution in [2.75, 3.05) is 0 Å². The van der Waals surface area contributed by atoms with Crippen molar-refractivity contribution in [3.8, 4) is 0 Å². The molecule has 0 aromatic carbocycles. The zero-order valence-corrected chi connectivity index (χ0v) is 29.2. The van der Waals surface area contributed by atoms with Gasteiger partial charge in [0.1, 0.15) is 0 Å². The van der Waals surface area contributed by atoms with Crippen molar-refractivity contribution in [3.63, 3.8) is 0 Å². The molecular weight excluding hydrogens is 572 g/mol. The molecule has 1 unspecified atom stereocenters. The molecular formula is C37H56O8. The van der Waals surface area contributed by atoms with E-state index >= 15 is 0 Å². The number of allylic oxidation sites excluding steroid dienone is 2. The Morgan fingerprint density at radius 1 is 0.844 bits per heavy atom. The fourth-order valence-electron chi connectivity index (χ4n) is 11.4.